The highest BCUT2D eigenvalue weighted by Crippen LogP contribution is 2.27. The minimum absolute atomic E-state index is 0.147. The van der Waals surface area contributed by atoms with Gasteiger partial charge in [-0.3, -0.25) is 0 Å². The zero-order valence-electron chi connectivity index (χ0n) is 14.0. The molecule has 1 aliphatic rings. The van der Waals surface area contributed by atoms with Crippen LogP contribution in [0.25, 0.3) is 0 Å². The van der Waals surface area contributed by atoms with Crippen LogP contribution in [0.3, 0.4) is 0 Å². The monoisotopic (exact) mass is 368 g/mol. The number of amidine groups is 1. The molecule has 0 spiro atoms. The second kappa shape index (κ2) is 7.37. The van der Waals surface area contributed by atoms with E-state index in [9.17, 15) is 8.42 Å². The Labute approximate surface area is 151 Å². The molecule has 0 bridgehead atoms. The lowest BCUT2D eigenvalue weighted by molar-refractivity contribution is 0.414. The first-order chi connectivity index (χ1) is 12.5. The van der Waals surface area contributed by atoms with E-state index in [4.69, 9.17) is 10.00 Å². The Morgan fingerprint density at radius 3 is 2.85 bits per heavy atom. The van der Waals surface area contributed by atoms with Crippen molar-refractivity contribution in [1.82, 2.24) is 5.01 Å². The Kier molecular flexibility index (Phi) is 5.00. The Morgan fingerprint density at radius 1 is 1.27 bits per heavy atom. The molecule has 0 atom stereocenters. The van der Waals surface area contributed by atoms with Crippen molar-refractivity contribution >= 4 is 22.1 Å². The highest BCUT2D eigenvalue weighted by Gasteiger charge is 2.31. The minimum atomic E-state index is -3.75. The van der Waals surface area contributed by atoms with Gasteiger partial charge in [0.05, 0.1) is 32.4 Å². The lowest BCUT2D eigenvalue weighted by Crippen LogP contribution is -2.27. The summed E-state index contributed by atoms with van der Waals surface area (Å²) >= 11 is 0. The average molecular weight is 368 g/mol. The van der Waals surface area contributed by atoms with Gasteiger partial charge < -0.3 is 4.74 Å². The van der Waals surface area contributed by atoms with E-state index < -0.39 is 10.0 Å². The summed E-state index contributed by atoms with van der Waals surface area (Å²) in [5, 5.41) is 14.7. The van der Waals surface area contributed by atoms with Crippen molar-refractivity contribution in [3.05, 3.63) is 59.7 Å². The average Bonchev–Trinajstić information content (AvgIpc) is 2.93. The maximum atomic E-state index is 12.3. The molecular weight excluding hydrogens is 352 g/mol. The molecule has 0 aromatic heterocycles. The van der Waals surface area contributed by atoms with Crippen molar-refractivity contribution in [1.29, 1.82) is 5.26 Å². The van der Waals surface area contributed by atoms with Crippen LogP contribution in [0.5, 0.6) is 5.75 Å². The van der Waals surface area contributed by atoms with Crippen LogP contribution in [0.1, 0.15) is 17.5 Å². The molecule has 2 aromatic carbocycles. The molecule has 7 nitrogen and oxygen atoms in total. The van der Waals surface area contributed by atoms with E-state index in [1.165, 1.54) is 11.1 Å². The fourth-order valence-electron chi connectivity index (χ4n) is 2.51. The van der Waals surface area contributed by atoms with Crippen LogP contribution in [-0.2, 0) is 10.0 Å². The maximum absolute atomic E-state index is 12.3. The van der Waals surface area contributed by atoms with E-state index in [2.05, 4.69) is 9.50 Å². The number of fused-ring (bicyclic) bond motifs is 1. The molecule has 0 radical (unpaired) electrons. The predicted molar refractivity (Wildman–Crippen MR) is 97.7 cm³/mol. The summed E-state index contributed by atoms with van der Waals surface area (Å²) in [7, 11) is -2.18. The van der Waals surface area contributed by atoms with Gasteiger partial charge in [0.15, 0.2) is 5.84 Å². The number of benzene rings is 2. The maximum Gasteiger partial charge on any atom is 0.285 e. The van der Waals surface area contributed by atoms with Crippen molar-refractivity contribution in [2.75, 3.05) is 13.7 Å². The molecule has 1 aliphatic heterocycles. The van der Waals surface area contributed by atoms with Crippen LogP contribution in [-0.4, -0.2) is 39.1 Å². The molecule has 2 aromatic rings. The molecular formula is C18H16N4O3S. The van der Waals surface area contributed by atoms with Crippen LogP contribution >= 0.6 is 0 Å². The fourth-order valence-corrected chi connectivity index (χ4v) is 3.71. The quantitative estimate of drug-likeness (QED) is 0.596. The van der Waals surface area contributed by atoms with Crippen LogP contribution < -0.4 is 4.74 Å². The standard InChI is InChI=1S/C18H16N4O3S/c1-25-15-7-4-6-14(12-15)13-20-22(11-5-10-19)18-16-8-2-3-9-17(16)26(23,24)21-18/h2-4,6-9,12-13H,5,11H2,1H3/b20-13-. The molecule has 1 heterocycles. The number of methoxy groups -OCH3 is 1. The van der Waals surface area contributed by atoms with E-state index in [0.717, 1.165) is 5.56 Å². The first-order valence-electron chi connectivity index (χ1n) is 7.82. The number of rotatable bonds is 5. The van der Waals surface area contributed by atoms with Crippen molar-refractivity contribution in [2.24, 2.45) is 9.50 Å². The third kappa shape index (κ3) is 3.58. The molecule has 3 rings (SSSR count). The number of ether oxygens (including phenoxy) is 1. The van der Waals surface area contributed by atoms with Crippen molar-refractivity contribution in [3.63, 3.8) is 0 Å². The Hall–Kier alpha value is -3.18. The molecule has 132 valence electrons. The van der Waals surface area contributed by atoms with Gasteiger partial charge in [0.2, 0.25) is 0 Å². The molecule has 0 aliphatic carbocycles. The fraction of sp³-hybridized carbons (Fsp3) is 0.167. The second-order valence-corrected chi connectivity index (χ2v) is 7.01. The smallest absolute Gasteiger partial charge is 0.285 e. The number of hydrogen-bond acceptors (Lipinski definition) is 6. The zero-order valence-corrected chi connectivity index (χ0v) is 14.8. The molecule has 0 saturated heterocycles. The van der Waals surface area contributed by atoms with Gasteiger partial charge in [-0.2, -0.15) is 18.8 Å². The van der Waals surface area contributed by atoms with Crippen LogP contribution in [0.2, 0.25) is 0 Å². The number of hydrazone groups is 1. The number of sulfonamides is 1. The van der Waals surface area contributed by atoms with E-state index >= 15 is 0 Å². The lowest BCUT2D eigenvalue weighted by Gasteiger charge is -2.17. The van der Waals surface area contributed by atoms with Crippen molar-refractivity contribution in [2.45, 2.75) is 11.3 Å². The van der Waals surface area contributed by atoms with Crippen LogP contribution in [0, 0.1) is 11.3 Å². The van der Waals surface area contributed by atoms with Gasteiger partial charge in [0, 0.05) is 5.56 Å². The summed E-state index contributed by atoms with van der Waals surface area (Å²) in [4.78, 5) is 0.147. The van der Waals surface area contributed by atoms with Crippen LogP contribution in [0.4, 0.5) is 0 Å². The third-order valence-electron chi connectivity index (χ3n) is 3.73. The van der Waals surface area contributed by atoms with E-state index in [1.807, 2.05) is 24.3 Å². The van der Waals surface area contributed by atoms with Gasteiger partial charge in [-0.05, 0) is 29.8 Å². The highest BCUT2D eigenvalue weighted by atomic mass is 32.2. The number of nitrogens with zero attached hydrogens (tertiary/aromatic N) is 4. The first kappa shape index (κ1) is 17.6. The molecule has 0 saturated carbocycles. The summed E-state index contributed by atoms with van der Waals surface area (Å²) < 4.78 is 33.5. The van der Waals surface area contributed by atoms with Gasteiger partial charge in [-0.1, -0.05) is 24.3 Å². The highest BCUT2D eigenvalue weighted by molar-refractivity contribution is 7.90. The Balaban J connectivity index is 1.97. The summed E-state index contributed by atoms with van der Waals surface area (Å²) in [6, 6.07) is 15.9. The SMILES string of the molecule is COc1cccc(/C=N\N(CCC#N)C2=NS(=O)(=O)c3ccccc32)c1. The van der Waals surface area contributed by atoms with Gasteiger partial charge in [-0.25, -0.2) is 5.01 Å². The van der Waals surface area contributed by atoms with Gasteiger partial charge in [0.1, 0.15) is 10.6 Å². The third-order valence-corrected chi connectivity index (χ3v) is 5.06. The largest absolute Gasteiger partial charge is 0.497 e. The van der Waals surface area contributed by atoms with Crippen molar-refractivity contribution < 1.29 is 13.2 Å². The Morgan fingerprint density at radius 2 is 2.08 bits per heavy atom. The van der Waals surface area contributed by atoms with Gasteiger partial charge in [-0.15, -0.1) is 4.40 Å². The minimum Gasteiger partial charge on any atom is -0.497 e. The van der Waals surface area contributed by atoms with Crippen molar-refractivity contribution in [3.8, 4) is 11.8 Å². The lowest BCUT2D eigenvalue weighted by atomic mass is 10.2. The molecule has 8 heteroatoms. The van der Waals surface area contributed by atoms with E-state index in [-0.39, 0.29) is 23.7 Å². The summed E-state index contributed by atoms with van der Waals surface area (Å²) in [6.07, 6.45) is 1.76. The predicted octanol–water partition coefficient (Wildman–Crippen LogP) is 2.39. The van der Waals surface area contributed by atoms with E-state index in [0.29, 0.717) is 11.3 Å². The molecule has 26 heavy (non-hydrogen) atoms. The number of hydrogen-bond donors (Lipinski definition) is 0. The number of nitriles is 1. The summed E-state index contributed by atoms with van der Waals surface area (Å²) in [5.41, 5.74) is 1.26. The van der Waals surface area contributed by atoms with E-state index in [1.54, 1.807) is 37.6 Å². The first-order valence-corrected chi connectivity index (χ1v) is 9.26. The van der Waals surface area contributed by atoms with Crippen LogP contribution in [0.15, 0.2) is 62.9 Å². The van der Waals surface area contributed by atoms with Gasteiger partial charge >= 0.3 is 0 Å². The zero-order chi connectivity index (χ0) is 18.6. The second-order valence-electron chi connectivity index (χ2n) is 5.44. The molecule has 0 fully saturated rings. The molecule has 0 unspecified atom stereocenters. The van der Waals surface area contributed by atoms with Gasteiger partial charge in [0.25, 0.3) is 10.0 Å². The summed E-state index contributed by atoms with van der Waals surface area (Å²) in [6.45, 7) is 0.222. The molecule has 0 N–H and O–H groups in total. The molecule has 0 amide bonds. The summed E-state index contributed by atoms with van der Waals surface area (Å²) in [5.74, 6) is 0.902. The Bertz CT molecular complexity index is 1020. The normalized spacial score (nSPS) is 14.5. The topological polar surface area (TPSA) is 95.1 Å².